The van der Waals surface area contributed by atoms with Crippen LogP contribution in [0.1, 0.15) is 31.4 Å². The number of halogens is 2. The Labute approximate surface area is 145 Å². The van der Waals surface area contributed by atoms with E-state index >= 15 is 0 Å². The molecular weight excluding hydrogens is 362 g/mol. The number of carbonyl (C=O) groups excluding carboxylic acids is 1. The SMILES string of the molecule is CCC(C)(NC(=O)Cc1ccccc1Br)c1ccc(Cl)cc1. The van der Waals surface area contributed by atoms with Gasteiger partial charge in [-0.3, -0.25) is 4.79 Å². The van der Waals surface area contributed by atoms with Crippen LogP contribution in [0, 0.1) is 0 Å². The van der Waals surface area contributed by atoms with Crippen LogP contribution in [-0.4, -0.2) is 5.91 Å². The normalized spacial score (nSPS) is 13.5. The zero-order valence-corrected chi connectivity index (χ0v) is 15.0. The monoisotopic (exact) mass is 379 g/mol. The van der Waals surface area contributed by atoms with Gasteiger partial charge in [-0.15, -0.1) is 0 Å². The molecule has 2 nitrogen and oxygen atoms in total. The molecule has 0 bridgehead atoms. The molecular formula is C18H19BrClNO. The van der Waals surface area contributed by atoms with Gasteiger partial charge in [0, 0.05) is 9.50 Å². The maximum atomic E-state index is 12.4. The van der Waals surface area contributed by atoms with Gasteiger partial charge in [-0.25, -0.2) is 0 Å². The van der Waals surface area contributed by atoms with Gasteiger partial charge in [0.1, 0.15) is 0 Å². The Hall–Kier alpha value is -1.32. The Bertz CT molecular complexity index is 656. The zero-order valence-electron chi connectivity index (χ0n) is 12.7. The van der Waals surface area contributed by atoms with Crippen LogP contribution < -0.4 is 5.32 Å². The standard InChI is InChI=1S/C18H19BrClNO/c1-3-18(2,14-8-10-15(20)11-9-14)21-17(22)12-13-6-4-5-7-16(13)19/h4-11H,3,12H2,1-2H3,(H,21,22). The topological polar surface area (TPSA) is 29.1 Å². The molecule has 4 heteroatoms. The van der Waals surface area contributed by atoms with Gasteiger partial charge < -0.3 is 5.32 Å². The van der Waals surface area contributed by atoms with Crippen molar-refractivity contribution in [2.45, 2.75) is 32.2 Å². The summed E-state index contributed by atoms with van der Waals surface area (Å²) in [6.45, 7) is 4.10. The summed E-state index contributed by atoms with van der Waals surface area (Å²) in [6, 6.07) is 15.4. The molecule has 2 rings (SSSR count). The maximum Gasteiger partial charge on any atom is 0.225 e. The Morgan fingerprint density at radius 1 is 1.18 bits per heavy atom. The van der Waals surface area contributed by atoms with Crippen molar-refractivity contribution in [1.29, 1.82) is 0 Å². The van der Waals surface area contributed by atoms with Gasteiger partial charge in [0.2, 0.25) is 5.91 Å². The molecule has 0 aromatic heterocycles. The molecule has 2 aromatic rings. The highest BCUT2D eigenvalue weighted by Crippen LogP contribution is 2.26. The summed E-state index contributed by atoms with van der Waals surface area (Å²) in [5.74, 6) is 0.00574. The average molecular weight is 381 g/mol. The van der Waals surface area contributed by atoms with E-state index in [0.717, 1.165) is 22.0 Å². The molecule has 0 spiro atoms. The van der Waals surface area contributed by atoms with Gasteiger partial charge in [0.05, 0.1) is 12.0 Å². The summed E-state index contributed by atoms with van der Waals surface area (Å²) in [6.07, 6.45) is 1.15. The first-order chi connectivity index (χ1) is 10.4. The van der Waals surface area contributed by atoms with Crippen LogP contribution in [0.25, 0.3) is 0 Å². The third kappa shape index (κ3) is 4.11. The summed E-state index contributed by atoms with van der Waals surface area (Å²) in [5, 5.41) is 3.85. The molecule has 0 aliphatic rings. The number of hydrogen-bond donors (Lipinski definition) is 1. The minimum absolute atomic E-state index is 0.00574. The number of hydrogen-bond acceptors (Lipinski definition) is 1. The van der Waals surface area contributed by atoms with Gasteiger partial charge in [0.25, 0.3) is 0 Å². The molecule has 0 saturated heterocycles. The molecule has 0 aliphatic carbocycles. The van der Waals surface area contributed by atoms with E-state index in [-0.39, 0.29) is 5.91 Å². The first-order valence-electron chi connectivity index (χ1n) is 7.25. The van der Waals surface area contributed by atoms with E-state index in [1.165, 1.54) is 0 Å². The lowest BCUT2D eigenvalue weighted by Gasteiger charge is -2.30. The number of nitrogens with one attached hydrogen (secondary N) is 1. The van der Waals surface area contributed by atoms with E-state index < -0.39 is 5.54 Å². The van der Waals surface area contributed by atoms with Crippen LogP contribution in [0.2, 0.25) is 5.02 Å². The average Bonchev–Trinajstić information content (AvgIpc) is 2.50. The van der Waals surface area contributed by atoms with Crippen molar-refractivity contribution in [3.8, 4) is 0 Å². The van der Waals surface area contributed by atoms with E-state index in [1.807, 2.05) is 55.5 Å². The zero-order chi connectivity index (χ0) is 16.2. The highest BCUT2D eigenvalue weighted by Gasteiger charge is 2.26. The second-order valence-electron chi connectivity index (χ2n) is 5.51. The number of benzene rings is 2. The minimum Gasteiger partial charge on any atom is -0.347 e. The van der Waals surface area contributed by atoms with Gasteiger partial charge >= 0.3 is 0 Å². The van der Waals surface area contributed by atoms with Crippen LogP contribution in [0.3, 0.4) is 0 Å². The fourth-order valence-electron chi connectivity index (χ4n) is 2.35. The number of amides is 1. The van der Waals surface area contributed by atoms with Crippen molar-refractivity contribution in [1.82, 2.24) is 5.32 Å². The van der Waals surface area contributed by atoms with Crippen LogP contribution in [0.15, 0.2) is 53.0 Å². The molecule has 1 unspecified atom stereocenters. The van der Waals surface area contributed by atoms with Gasteiger partial charge in [-0.2, -0.15) is 0 Å². The number of carbonyl (C=O) groups is 1. The van der Waals surface area contributed by atoms with E-state index in [0.29, 0.717) is 11.4 Å². The lowest BCUT2D eigenvalue weighted by molar-refractivity contribution is -0.122. The molecule has 1 atom stereocenters. The molecule has 0 aliphatic heterocycles. The van der Waals surface area contributed by atoms with Crippen LogP contribution in [0.5, 0.6) is 0 Å². The maximum absolute atomic E-state index is 12.4. The van der Waals surface area contributed by atoms with E-state index in [9.17, 15) is 4.79 Å². The smallest absolute Gasteiger partial charge is 0.225 e. The summed E-state index contributed by atoms with van der Waals surface area (Å²) in [7, 11) is 0. The highest BCUT2D eigenvalue weighted by atomic mass is 79.9. The van der Waals surface area contributed by atoms with Crippen LogP contribution >= 0.6 is 27.5 Å². The summed E-state index contributed by atoms with van der Waals surface area (Å²) >= 11 is 9.42. The Morgan fingerprint density at radius 2 is 1.82 bits per heavy atom. The van der Waals surface area contributed by atoms with Crippen molar-refractivity contribution in [3.63, 3.8) is 0 Å². The molecule has 0 radical (unpaired) electrons. The highest BCUT2D eigenvalue weighted by molar-refractivity contribution is 9.10. The molecule has 1 amide bonds. The Morgan fingerprint density at radius 3 is 2.41 bits per heavy atom. The summed E-state index contributed by atoms with van der Waals surface area (Å²) in [5.41, 5.74) is 1.64. The number of rotatable bonds is 5. The quantitative estimate of drug-likeness (QED) is 0.769. The lowest BCUT2D eigenvalue weighted by Crippen LogP contribution is -2.43. The third-order valence-corrected chi connectivity index (χ3v) is 4.94. The third-order valence-electron chi connectivity index (χ3n) is 3.91. The minimum atomic E-state index is -0.400. The first kappa shape index (κ1) is 17.0. The predicted molar refractivity (Wildman–Crippen MR) is 95.1 cm³/mol. The van der Waals surface area contributed by atoms with Crippen molar-refractivity contribution in [2.75, 3.05) is 0 Å². The van der Waals surface area contributed by atoms with Crippen molar-refractivity contribution < 1.29 is 4.79 Å². The second-order valence-corrected chi connectivity index (χ2v) is 6.80. The molecule has 22 heavy (non-hydrogen) atoms. The Balaban J connectivity index is 2.14. The van der Waals surface area contributed by atoms with E-state index in [2.05, 4.69) is 28.2 Å². The molecule has 0 fully saturated rings. The van der Waals surface area contributed by atoms with E-state index in [1.54, 1.807) is 0 Å². The molecule has 116 valence electrons. The van der Waals surface area contributed by atoms with Gasteiger partial charge in [-0.05, 0) is 42.7 Å². The van der Waals surface area contributed by atoms with Gasteiger partial charge in [-0.1, -0.05) is 64.8 Å². The van der Waals surface area contributed by atoms with Crippen LogP contribution in [0.4, 0.5) is 0 Å². The van der Waals surface area contributed by atoms with Crippen molar-refractivity contribution in [2.24, 2.45) is 0 Å². The fraction of sp³-hybridized carbons (Fsp3) is 0.278. The van der Waals surface area contributed by atoms with Gasteiger partial charge in [0.15, 0.2) is 0 Å². The predicted octanol–water partition coefficient (Wildman–Crippen LogP) is 5.09. The second kappa shape index (κ2) is 7.30. The molecule has 0 saturated carbocycles. The largest absolute Gasteiger partial charge is 0.347 e. The van der Waals surface area contributed by atoms with Crippen LogP contribution in [-0.2, 0) is 16.8 Å². The Kier molecular flexibility index (Phi) is 5.65. The molecule has 1 N–H and O–H groups in total. The van der Waals surface area contributed by atoms with Crippen molar-refractivity contribution in [3.05, 3.63) is 69.2 Å². The summed E-state index contributed by atoms with van der Waals surface area (Å²) < 4.78 is 0.954. The lowest BCUT2D eigenvalue weighted by atomic mass is 9.89. The molecule has 2 aromatic carbocycles. The van der Waals surface area contributed by atoms with E-state index in [4.69, 9.17) is 11.6 Å². The first-order valence-corrected chi connectivity index (χ1v) is 8.42. The summed E-state index contributed by atoms with van der Waals surface area (Å²) in [4.78, 5) is 12.4. The molecule has 0 heterocycles. The fourth-order valence-corrected chi connectivity index (χ4v) is 2.90. The van der Waals surface area contributed by atoms with Crippen molar-refractivity contribution >= 4 is 33.4 Å².